The molecule has 0 aromatic heterocycles. The maximum Gasteiger partial charge on any atom is 0.00429 e. The van der Waals surface area contributed by atoms with Crippen molar-refractivity contribution < 1.29 is 0 Å². The molecular weight excluding hydrogens is 202 g/mol. The molecule has 0 unspecified atom stereocenters. The number of rotatable bonds is 5. The Morgan fingerprint density at radius 2 is 1.87 bits per heavy atom. The summed E-state index contributed by atoms with van der Waals surface area (Å²) < 4.78 is 0. The zero-order valence-electron chi connectivity index (χ0n) is 10.0. The van der Waals surface area contributed by atoms with Crippen molar-refractivity contribution in [1.29, 1.82) is 0 Å². The van der Waals surface area contributed by atoms with Gasteiger partial charge in [0.05, 0.1) is 0 Å². The number of hydrogen-bond donors (Lipinski definition) is 1. The lowest BCUT2D eigenvalue weighted by atomic mass is 9.70. The number of nitrogens with zero attached hydrogens (tertiary/aromatic N) is 1. The lowest BCUT2D eigenvalue weighted by molar-refractivity contribution is 0.0965. The predicted molar refractivity (Wildman–Crippen MR) is 69.6 cm³/mol. The maximum atomic E-state index is 4.53. The Bertz CT molecular complexity index is 189. The fourth-order valence-electron chi connectivity index (χ4n) is 3.31. The summed E-state index contributed by atoms with van der Waals surface area (Å²) in [5, 5.41) is 0. The van der Waals surface area contributed by atoms with Gasteiger partial charge >= 0.3 is 0 Å². The molecule has 0 aromatic rings. The molecule has 15 heavy (non-hydrogen) atoms. The second-order valence-electron chi connectivity index (χ2n) is 5.86. The van der Waals surface area contributed by atoms with Gasteiger partial charge in [0.1, 0.15) is 0 Å². The molecule has 0 N–H and O–H groups in total. The molecule has 0 heterocycles. The molecule has 0 aromatic carbocycles. The molecule has 0 saturated heterocycles. The van der Waals surface area contributed by atoms with Crippen molar-refractivity contribution in [3.05, 3.63) is 0 Å². The highest BCUT2D eigenvalue weighted by molar-refractivity contribution is 7.80. The molecule has 0 atom stereocenters. The van der Waals surface area contributed by atoms with Gasteiger partial charge in [-0.3, -0.25) is 0 Å². The van der Waals surface area contributed by atoms with Crippen LogP contribution in [0.25, 0.3) is 0 Å². The summed E-state index contributed by atoms with van der Waals surface area (Å²) in [6.07, 6.45) is 10.1. The van der Waals surface area contributed by atoms with E-state index in [2.05, 4.69) is 24.6 Å². The quantitative estimate of drug-likeness (QED) is 0.706. The third-order valence-corrected chi connectivity index (χ3v) is 5.07. The molecule has 2 aliphatic carbocycles. The normalized spacial score (nSPS) is 25.8. The minimum absolute atomic E-state index is 0.580. The molecule has 88 valence electrons. The van der Waals surface area contributed by atoms with Crippen LogP contribution in [0.3, 0.4) is 0 Å². The van der Waals surface area contributed by atoms with E-state index >= 15 is 0 Å². The highest BCUT2D eigenvalue weighted by atomic mass is 32.1. The Kier molecular flexibility index (Phi) is 4.00. The highest BCUT2D eigenvalue weighted by Crippen LogP contribution is 2.42. The largest absolute Gasteiger partial charge is 0.306 e. The number of thiol groups is 1. The molecule has 0 amide bonds. The van der Waals surface area contributed by atoms with Crippen LogP contribution in [-0.2, 0) is 0 Å². The summed E-state index contributed by atoms with van der Waals surface area (Å²) in [6, 6.07) is 0. The summed E-state index contributed by atoms with van der Waals surface area (Å²) in [4.78, 5) is 2.57. The van der Waals surface area contributed by atoms with E-state index in [1.807, 2.05) is 0 Å². The van der Waals surface area contributed by atoms with Crippen molar-refractivity contribution >= 4 is 12.6 Å². The summed E-state index contributed by atoms with van der Waals surface area (Å²) in [5.41, 5.74) is 0.580. The molecule has 2 aliphatic rings. The van der Waals surface area contributed by atoms with E-state index in [4.69, 9.17) is 0 Å². The first-order valence-corrected chi connectivity index (χ1v) is 7.17. The second-order valence-corrected chi connectivity index (χ2v) is 6.18. The lowest BCUT2D eigenvalue weighted by Crippen LogP contribution is -2.43. The third-order valence-electron chi connectivity index (χ3n) is 4.40. The van der Waals surface area contributed by atoms with Crippen LogP contribution in [0.4, 0.5) is 0 Å². The van der Waals surface area contributed by atoms with Gasteiger partial charge in [-0.25, -0.2) is 0 Å². The topological polar surface area (TPSA) is 3.24 Å². The third kappa shape index (κ3) is 2.91. The van der Waals surface area contributed by atoms with Crippen LogP contribution in [0.2, 0.25) is 0 Å². The van der Waals surface area contributed by atoms with E-state index in [0.717, 1.165) is 11.7 Å². The lowest BCUT2D eigenvalue weighted by Gasteiger charge is -2.44. The van der Waals surface area contributed by atoms with Crippen molar-refractivity contribution in [2.45, 2.75) is 44.9 Å². The van der Waals surface area contributed by atoms with Gasteiger partial charge in [-0.2, -0.15) is 12.6 Å². The molecule has 0 bridgehead atoms. The van der Waals surface area contributed by atoms with Crippen molar-refractivity contribution in [3.8, 4) is 0 Å². The van der Waals surface area contributed by atoms with Gasteiger partial charge in [0.15, 0.2) is 0 Å². The molecule has 0 spiro atoms. The van der Waals surface area contributed by atoms with Gasteiger partial charge in [-0.05, 0) is 49.8 Å². The van der Waals surface area contributed by atoms with Crippen LogP contribution >= 0.6 is 12.6 Å². The van der Waals surface area contributed by atoms with Crippen molar-refractivity contribution in [1.82, 2.24) is 4.90 Å². The first-order valence-electron chi connectivity index (χ1n) is 6.53. The maximum absolute atomic E-state index is 4.53. The van der Waals surface area contributed by atoms with Crippen molar-refractivity contribution in [3.63, 3.8) is 0 Å². The minimum atomic E-state index is 0.580. The van der Waals surface area contributed by atoms with E-state index in [9.17, 15) is 0 Å². The SMILES string of the molecule is CN(CC1CCCC1)CC1(CS)CCC1. The van der Waals surface area contributed by atoms with E-state index in [-0.39, 0.29) is 0 Å². The van der Waals surface area contributed by atoms with Gasteiger partial charge in [0.25, 0.3) is 0 Å². The average molecular weight is 227 g/mol. The summed E-state index contributed by atoms with van der Waals surface area (Å²) in [7, 11) is 2.31. The Hall–Kier alpha value is 0.310. The number of hydrogen-bond acceptors (Lipinski definition) is 2. The van der Waals surface area contributed by atoms with Crippen LogP contribution in [-0.4, -0.2) is 30.8 Å². The van der Waals surface area contributed by atoms with Gasteiger partial charge in [0, 0.05) is 13.1 Å². The molecule has 2 saturated carbocycles. The van der Waals surface area contributed by atoms with Gasteiger partial charge < -0.3 is 4.90 Å². The second kappa shape index (κ2) is 5.09. The van der Waals surface area contributed by atoms with Crippen LogP contribution in [0, 0.1) is 11.3 Å². The van der Waals surface area contributed by atoms with Crippen LogP contribution < -0.4 is 0 Å². The molecule has 2 fully saturated rings. The molecule has 1 nitrogen and oxygen atoms in total. The average Bonchev–Trinajstić information content (AvgIpc) is 2.64. The molecule has 0 radical (unpaired) electrons. The smallest absolute Gasteiger partial charge is 0.00429 e. The van der Waals surface area contributed by atoms with Gasteiger partial charge in [-0.15, -0.1) is 0 Å². The summed E-state index contributed by atoms with van der Waals surface area (Å²) in [6.45, 7) is 2.61. The fourth-order valence-corrected chi connectivity index (χ4v) is 3.73. The van der Waals surface area contributed by atoms with Crippen LogP contribution in [0.1, 0.15) is 44.9 Å². The van der Waals surface area contributed by atoms with Crippen molar-refractivity contribution in [2.24, 2.45) is 11.3 Å². The van der Waals surface area contributed by atoms with E-state index in [1.54, 1.807) is 0 Å². The first-order chi connectivity index (χ1) is 7.24. The predicted octanol–water partition coefficient (Wildman–Crippen LogP) is 3.21. The highest BCUT2D eigenvalue weighted by Gasteiger charge is 2.36. The molecule has 2 heteroatoms. The Balaban J connectivity index is 1.73. The van der Waals surface area contributed by atoms with E-state index in [0.29, 0.717) is 5.41 Å². The molecule has 2 rings (SSSR count). The van der Waals surface area contributed by atoms with Crippen molar-refractivity contribution in [2.75, 3.05) is 25.9 Å². The monoisotopic (exact) mass is 227 g/mol. The Morgan fingerprint density at radius 3 is 2.33 bits per heavy atom. The molecule has 0 aliphatic heterocycles. The first kappa shape index (κ1) is 11.8. The standard InChI is InChI=1S/C13H25NS/c1-14(9-12-5-2-3-6-12)10-13(11-15)7-4-8-13/h12,15H,2-11H2,1H3. The van der Waals surface area contributed by atoms with Crippen LogP contribution in [0.15, 0.2) is 0 Å². The zero-order valence-corrected chi connectivity index (χ0v) is 10.9. The Labute approximate surface area is 100 Å². The van der Waals surface area contributed by atoms with E-state index in [1.165, 1.54) is 58.0 Å². The van der Waals surface area contributed by atoms with Gasteiger partial charge in [0.2, 0.25) is 0 Å². The summed E-state index contributed by atoms with van der Waals surface area (Å²) >= 11 is 4.53. The minimum Gasteiger partial charge on any atom is -0.306 e. The molecular formula is C13H25NS. The fraction of sp³-hybridized carbons (Fsp3) is 1.00. The zero-order chi connectivity index (χ0) is 10.7. The van der Waals surface area contributed by atoms with Crippen LogP contribution in [0.5, 0.6) is 0 Å². The summed E-state index contributed by atoms with van der Waals surface area (Å²) in [5.74, 6) is 2.08. The Morgan fingerprint density at radius 1 is 1.20 bits per heavy atom. The van der Waals surface area contributed by atoms with Gasteiger partial charge in [-0.1, -0.05) is 19.3 Å². The van der Waals surface area contributed by atoms with E-state index < -0.39 is 0 Å².